The number of nitrogens with zero attached hydrogens (tertiary/aromatic N) is 1. The Morgan fingerprint density at radius 2 is 1.26 bits per heavy atom. The van der Waals surface area contributed by atoms with Gasteiger partial charge in [-0.05, 0) is 35.4 Å². The number of nitriles is 1. The lowest BCUT2D eigenvalue weighted by Gasteiger charge is -2.44. The molecule has 0 aliphatic carbocycles. The van der Waals surface area contributed by atoms with Gasteiger partial charge in [-0.2, -0.15) is 5.26 Å². The van der Waals surface area contributed by atoms with Gasteiger partial charge in [0.2, 0.25) is 0 Å². The van der Waals surface area contributed by atoms with Crippen molar-refractivity contribution >= 4 is 11.8 Å². The standard InChI is InChI=1S/C24H17F2N3O2/c25-18-10-6-15(7-11-18)20-24(14-27,22(30)17-4-2-1-3-5-17)21(29-23(31)28-20)16-8-12-19(26)13-9-16/h1-13,20-21H,(H2,28,29,31). The Labute approximate surface area is 177 Å². The molecule has 2 N–H and O–H groups in total. The third-order valence-electron chi connectivity index (χ3n) is 5.46. The smallest absolute Gasteiger partial charge is 0.315 e. The van der Waals surface area contributed by atoms with Gasteiger partial charge in [0, 0.05) is 5.56 Å². The van der Waals surface area contributed by atoms with Gasteiger partial charge in [-0.15, -0.1) is 0 Å². The highest BCUT2D eigenvalue weighted by Crippen LogP contribution is 2.48. The van der Waals surface area contributed by atoms with Crippen LogP contribution in [0.3, 0.4) is 0 Å². The number of carbonyl (C=O) groups excluding carboxylic acids is 2. The van der Waals surface area contributed by atoms with E-state index in [0.717, 1.165) is 0 Å². The van der Waals surface area contributed by atoms with Crippen molar-refractivity contribution in [1.29, 1.82) is 5.26 Å². The summed E-state index contributed by atoms with van der Waals surface area (Å²) in [5.41, 5.74) is -0.755. The number of amides is 2. The van der Waals surface area contributed by atoms with E-state index >= 15 is 0 Å². The second-order valence-corrected chi connectivity index (χ2v) is 7.26. The lowest BCUT2D eigenvalue weighted by atomic mass is 9.65. The van der Waals surface area contributed by atoms with Crippen LogP contribution in [0.5, 0.6) is 0 Å². The summed E-state index contributed by atoms with van der Waals surface area (Å²) in [4.78, 5) is 26.3. The van der Waals surface area contributed by atoms with Crippen LogP contribution in [0.2, 0.25) is 0 Å². The van der Waals surface area contributed by atoms with Crippen LogP contribution in [0.15, 0.2) is 78.9 Å². The summed E-state index contributed by atoms with van der Waals surface area (Å²) in [6.07, 6.45) is 0. The maximum absolute atomic E-state index is 13.8. The molecule has 2 unspecified atom stereocenters. The van der Waals surface area contributed by atoms with E-state index in [1.807, 2.05) is 0 Å². The van der Waals surface area contributed by atoms with Crippen molar-refractivity contribution < 1.29 is 18.4 Å². The summed E-state index contributed by atoms with van der Waals surface area (Å²) in [5.74, 6) is -1.50. The van der Waals surface area contributed by atoms with Gasteiger partial charge in [0.25, 0.3) is 0 Å². The molecule has 1 aliphatic heterocycles. The monoisotopic (exact) mass is 417 g/mol. The highest BCUT2D eigenvalue weighted by Gasteiger charge is 2.57. The third-order valence-corrected chi connectivity index (χ3v) is 5.46. The lowest BCUT2D eigenvalue weighted by Crippen LogP contribution is -2.60. The average molecular weight is 417 g/mol. The molecule has 2 amide bonds. The number of rotatable bonds is 4. The van der Waals surface area contributed by atoms with E-state index in [4.69, 9.17) is 0 Å². The van der Waals surface area contributed by atoms with Gasteiger partial charge >= 0.3 is 6.03 Å². The first-order valence-corrected chi connectivity index (χ1v) is 9.55. The van der Waals surface area contributed by atoms with E-state index < -0.39 is 40.9 Å². The second-order valence-electron chi connectivity index (χ2n) is 7.26. The number of hydrogen-bond acceptors (Lipinski definition) is 3. The van der Waals surface area contributed by atoms with E-state index in [0.29, 0.717) is 11.1 Å². The molecule has 0 saturated carbocycles. The summed E-state index contributed by atoms with van der Waals surface area (Å²) < 4.78 is 27.1. The highest BCUT2D eigenvalue weighted by atomic mass is 19.1. The first kappa shape index (κ1) is 20.2. The molecule has 0 radical (unpaired) electrons. The van der Waals surface area contributed by atoms with Crippen LogP contribution >= 0.6 is 0 Å². The van der Waals surface area contributed by atoms with Gasteiger partial charge < -0.3 is 10.6 Å². The number of urea groups is 1. The summed E-state index contributed by atoms with van der Waals surface area (Å²) >= 11 is 0. The fourth-order valence-electron chi connectivity index (χ4n) is 3.97. The highest BCUT2D eigenvalue weighted by molar-refractivity contribution is 6.05. The van der Waals surface area contributed by atoms with E-state index in [-0.39, 0.29) is 5.56 Å². The Balaban J connectivity index is 1.95. The zero-order valence-corrected chi connectivity index (χ0v) is 16.2. The number of benzene rings is 3. The second kappa shape index (κ2) is 8.00. The minimum atomic E-state index is -1.83. The molecule has 0 aromatic heterocycles. The number of halogens is 2. The summed E-state index contributed by atoms with van der Waals surface area (Å²) in [6.45, 7) is 0. The molecular weight excluding hydrogens is 400 g/mol. The number of Topliss-reactive ketones (excluding diaryl/α,β-unsaturated/α-hetero) is 1. The molecule has 1 saturated heterocycles. The SMILES string of the molecule is N#CC1(C(=O)c2ccccc2)C(c2ccc(F)cc2)NC(=O)NC1c1ccc(F)cc1. The van der Waals surface area contributed by atoms with Crippen molar-refractivity contribution in [3.05, 3.63) is 107 Å². The molecule has 1 heterocycles. The quantitative estimate of drug-likeness (QED) is 0.615. The van der Waals surface area contributed by atoms with E-state index in [1.54, 1.807) is 30.3 Å². The number of carbonyl (C=O) groups is 2. The molecule has 2 atom stereocenters. The van der Waals surface area contributed by atoms with Crippen LogP contribution in [0, 0.1) is 28.4 Å². The van der Waals surface area contributed by atoms with Gasteiger partial charge in [0.05, 0.1) is 18.2 Å². The molecule has 154 valence electrons. The van der Waals surface area contributed by atoms with Crippen LogP contribution in [0.25, 0.3) is 0 Å². The molecule has 5 nitrogen and oxygen atoms in total. The molecule has 1 fully saturated rings. The van der Waals surface area contributed by atoms with E-state index in [9.17, 15) is 23.6 Å². The zero-order valence-electron chi connectivity index (χ0n) is 16.2. The van der Waals surface area contributed by atoms with Gasteiger partial charge in [-0.25, -0.2) is 13.6 Å². The maximum Gasteiger partial charge on any atom is 0.315 e. The molecule has 0 bridgehead atoms. The number of ketones is 1. The van der Waals surface area contributed by atoms with Crippen LogP contribution in [-0.2, 0) is 0 Å². The number of hydrogen-bond donors (Lipinski definition) is 2. The van der Waals surface area contributed by atoms with Crippen LogP contribution in [0.1, 0.15) is 33.6 Å². The number of nitrogens with one attached hydrogen (secondary N) is 2. The largest absolute Gasteiger partial charge is 0.329 e. The maximum atomic E-state index is 13.8. The summed E-state index contributed by atoms with van der Waals surface area (Å²) in [5, 5.41) is 15.8. The molecular formula is C24H17F2N3O2. The first-order valence-electron chi connectivity index (χ1n) is 9.55. The Hall–Kier alpha value is -4.05. The Bertz CT molecular complexity index is 1100. The average Bonchev–Trinajstić information content (AvgIpc) is 2.80. The van der Waals surface area contributed by atoms with Crippen LogP contribution in [0.4, 0.5) is 13.6 Å². The zero-order chi connectivity index (χ0) is 22.0. The van der Waals surface area contributed by atoms with Gasteiger partial charge in [-0.1, -0.05) is 54.6 Å². The summed E-state index contributed by atoms with van der Waals surface area (Å²) in [6, 6.07) is 18.2. The van der Waals surface area contributed by atoms with Gasteiger partial charge in [-0.3, -0.25) is 4.79 Å². The predicted octanol–water partition coefficient (Wildman–Crippen LogP) is 4.45. The fraction of sp³-hybridized carbons (Fsp3) is 0.125. The normalized spacial score (nSPS) is 22.7. The minimum absolute atomic E-state index is 0.279. The van der Waals surface area contributed by atoms with Crippen molar-refractivity contribution in [2.45, 2.75) is 12.1 Å². The lowest BCUT2D eigenvalue weighted by molar-refractivity contribution is 0.0708. The van der Waals surface area contributed by atoms with Crippen LogP contribution in [-0.4, -0.2) is 11.8 Å². The van der Waals surface area contributed by atoms with Crippen LogP contribution < -0.4 is 10.6 Å². The molecule has 0 spiro atoms. The summed E-state index contributed by atoms with van der Waals surface area (Å²) in [7, 11) is 0. The van der Waals surface area contributed by atoms with Crippen molar-refractivity contribution in [2.75, 3.05) is 0 Å². The molecule has 3 aromatic carbocycles. The fourth-order valence-corrected chi connectivity index (χ4v) is 3.97. The first-order chi connectivity index (χ1) is 15.0. The van der Waals surface area contributed by atoms with E-state index in [1.165, 1.54) is 48.5 Å². The third kappa shape index (κ3) is 3.53. The van der Waals surface area contributed by atoms with Crippen molar-refractivity contribution in [3.63, 3.8) is 0 Å². The molecule has 3 aromatic rings. The Morgan fingerprint density at radius 3 is 1.68 bits per heavy atom. The molecule has 31 heavy (non-hydrogen) atoms. The molecule has 1 aliphatic rings. The van der Waals surface area contributed by atoms with E-state index in [2.05, 4.69) is 16.7 Å². The van der Waals surface area contributed by atoms with Gasteiger partial charge in [0.1, 0.15) is 11.6 Å². The Kier molecular flexibility index (Phi) is 5.22. The minimum Gasteiger partial charge on any atom is -0.329 e. The Morgan fingerprint density at radius 1 is 0.806 bits per heavy atom. The van der Waals surface area contributed by atoms with Crippen molar-refractivity contribution in [3.8, 4) is 6.07 Å². The van der Waals surface area contributed by atoms with Gasteiger partial charge in [0.15, 0.2) is 11.2 Å². The van der Waals surface area contributed by atoms with Crippen molar-refractivity contribution in [2.24, 2.45) is 5.41 Å². The molecule has 4 rings (SSSR count). The van der Waals surface area contributed by atoms with Crippen molar-refractivity contribution in [1.82, 2.24) is 10.6 Å². The topological polar surface area (TPSA) is 82.0 Å². The molecule has 7 heteroatoms. The predicted molar refractivity (Wildman–Crippen MR) is 109 cm³/mol.